The van der Waals surface area contributed by atoms with Crippen LogP contribution in [0.25, 0.3) is 0 Å². The van der Waals surface area contributed by atoms with Crippen LogP contribution in [0.5, 0.6) is 0 Å². The van der Waals surface area contributed by atoms with Crippen molar-refractivity contribution in [3.63, 3.8) is 0 Å². The molecule has 0 saturated carbocycles. The number of nitrogens with two attached hydrogens (primary N) is 1. The van der Waals surface area contributed by atoms with Gasteiger partial charge in [0.15, 0.2) is 0 Å². The maximum absolute atomic E-state index is 11.6. The maximum atomic E-state index is 11.6. The van der Waals surface area contributed by atoms with E-state index >= 15 is 0 Å². The third-order valence-electron chi connectivity index (χ3n) is 2.64. The molecule has 8 heteroatoms. The van der Waals surface area contributed by atoms with Crippen molar-refractivity contribution in [2.75, 3.05) is 18.2 Å². The first-order valence-electron chi connectivity index (χ1n) is 5.68. The molecule has 0 fully saturated rings. The van der Waals surface area contributed by atoms with Gasteiger partial charge in [-0.3, -0.25) is 0 Å². The predicted molar refractivity (Wildman–Crippen MR) is 87.4 cm³/mol. The number of ether oxygens (including phenoxy) is 1. The Morgan fingerprint density at radius 1 is 1.38 bits per heavy atom. The van der Waals surface area contributed by atoms with Crippen molar-refractivity contribution in [3.8, 4) is 0 Å². The summed E-state index contributed by atoms with van der Waals surface area (Å²) in [5, 5.41) is 3.69. The summed E-state index contributed by atoms with van der Waals surface area (Å²) in [4.78, 5) is 15.7. The first kappa shape index (κ1) is 15.9. The molecule has 21 heavy (non-hydrogen) atoms. The van der Waals surface area contributed by atoms with Crippen LogP contribution in [0.3, 0.4) is 0 Å². The first-order valence-corrected chi connectivity index (χ1v) is 7.23. The lowest BCUT2D eigenvalue weighted by Crippen LogP contribution is -2.07. The fourth-order valence-corrected chi connectivity index (χ4v) is 2.40. The van der Waals surface area contributed by atoms with Crippen molar-refractivity contribution in [3.05, 3.63) is 44.5 Å². The zero-order valence-corrected chi connectivity index (χ0v) is 13.9. The number of rotatable bonds is 3. The van der Waals surface area contributed by atoms with E-state index in [-0.39, 0.29) is 11.3 Å². The van der Waals surface area contributed by atoms with Gasteiger partial charge in [0.2, 0.25) is 0 Å². The fourth-order valence-electron chi connectivity index (χ4n) is 1.58. The second-order valence-corrected chi connectivity index (χ2v) is 5.61. The Labute approximate surface area is 139 Å². The summed E-state index contributed by atoms with van der Waals surface area (Å²) >= 11 is 15.5. The average Bonchev–Trinajstić information content (AvgIpc) is 2.49. The van der Waals surface area contributed by atoms with E-state index in [1.807, 2.05) is 0 Å². The van der Waals surface area contributed by atoms with Crippen LogP contribution in [-0.2, 0) is 4.74 Å². The van der Waals surface area contributed by atoms with Crippen molar-refractivity contribution in [2.45, 2.75) is 0 Å². The number of nitrogens with zero attached hydrogens (tertiary/aromatic N) is 1. The van der Waals surface area contributed by atoms with Crippen LogP contribution in [-0.4, -0.2) is 18.1 Å². The highest BCUT2D eigenvalue weighted by Crippen LogP contribution is 2.37. The van der Waals surface area contributed by atoms with Crippen LogP contribution in [0.1, 0.15) is 10.4 Å². The van der Waals surface area contributed by atoms with Gasteiger partial charge in [0.25, 0.3) is 0 Å². The molecule has 1 aromatic carbocycles. The Kier molecular flexibility index (Phi) is 4.92. The van der Waals surface area contributed by atoms with Gasteiger partial charge in [0.1, 0.15) is 5.82 Å². The van der Waals surface area contributed by atoms with Gasteiger partial charge < -0.3 is 15.8 Å². The van der Waals surface area contributed by atoms with E-state index in [1.54, 1.807) is 12.1 Å². The Hall–Kier alpha value is -1.50. The van der Waals surface area contributed by atoms with E-state index in [0.29, 0.717) is 26.0 Å². The van der Waals surface area contributed by atoms with E-state index in [1.165, 1.54) is 19.4 Å². The van der Waals surface area contributed by atoms with Gasteiger partial charge in [0.05, 0.1) is 40.3 Å². The molecule has 0 amide bonds. The lowest BCUT2D eigenvalue weighted by molar-refractivity contribution is 0.0602. The molecule has 0 atom stereocenters. The number of methoxy groups -OCH3 is 1. The zero-order chi connectivity index (χ0) is 15.6. The van der Waals surface area contributed by atoms with E-state index in [2.05, 4.69) is 31.0 Å². The molecule has 110 valence electrons. The van der Waals surface area contributed by atoms with Crippen molar-refractivity contribution >= 4 is 62.3 Å². The molecule has 0 aliphatic rings. The summed E-state index contributed by atoms with van der Waals surface area (Å²) in [7, 11) is 1.28. The molecular weight excluding hydrogens is 381 g/mol. The summed E-state index contributed by atoms with van der Waals surface area (Å²) in [6, 6.07) is 4.96. The first-order chi connectivity index (χ1) is 9.93. The average molecular weight is 391 g/mol. The Bertz CT molecular complexity index is 710. The zero-order valence-electron chi connectivity index (χ0n) is 10.8. The summed E-state index contributed by atoms with van der Waals surface area (Å²) in [6.45, 7) is 0. The van der Waals surface area contributed by atoms with Crippen molar-refractivity contribution in [2.24, 2.45) is 0 Å². The van der Waals surface area contributed by atoms with Crippen LogP contribution in [0.15, 0.2) is 28.9 Å². The standard InChI is InChI=1S/C13H10BrCl2N3O2/c1-21-13(20)6-4-10(18-5-8(6)17)19-9-3-2-7(14)11(15)12(9)16/h2-5H,17H2,1H3,(H,18,19). The van der Waals surface area contributed by atoms with Gasteiger partial charge >= 0.3 is 5.97 Å². The number of carbonyl (C=O) groups excluding carboxylic acids is 1. The van der Waals surface area contributed by atoms with Gasteiger partial charge in [-0.25, -0.2) is 9.78 Å². The van der Waals surface area contributed by atoms with Gasteiger partial charge in [0, 0.05) is 4.47 Å². The van der Waals surface area contributed by atoms with E-state index in [4.69, 9.17) is 28.9 Å². The van der Waals surface area contributed by atoms with Gasteiger partial charge in [-0.05, 0) is 34.1 Å². The third kappa shape index (κ3) is 3.40. The van der Waals surface area contributed by atoms with Crippen LogP contribution in [0.4, 0.5) is 17.2 Å². The van der Waals surface area contributed by atoms with E-state index < -0.39 is 5.97 Å². The summed E-state index contributed by atoms with van der Waals surface area (Å²) in [6.07, 6.45) is 1.36. The number of nitrogens with one attached hydrogen (secondary N) is 1. The summed E-state index contributed by atoms with van der Waals surface area (Å²) in [5.41, 5.74) is 6.69. The largest absolute Gasteiger partial charge is 0.465 e. The highest BCUT2D eigenvalue weighted by atomic mass is 79.9. The number of pyridine rings is 1. The Balaban J connectivity index is 2.37. The topological polar surface area (TPSA) is 77.2 Å². The molecule has 0 bridgehead atoms. The highest BCUT2D eigenvalue weighted by molar-refractivity contribution is 9.10. The normalized spacial score (nSPS) is 10.3. The number of carbonyl (C=O) groups is 1. The molecule has 1 aromatic heterocycles. The molecule has 0 unspecified atom stereocenters. The molecule has 2 rings (SSSR count). The van der Waals surface area contributed by atoms with E-state index in [0.717, 1.165) is 0 Å². The SMILES string of the molecule is COC(=O)c1cc(Nc2ccc(Br)c(Cl)c2Cl)ncc1N. The number of nitrogen functional groups attached to an aromatic ring is 1. The quantitative estimate of drug-likeness (QED) is 0.604. The van der Waals surface area contributed by atoms with E-state index in [9.17, 15) is 4.79 Å². The van der Waals surface area contributed by atoms with Crippen LogP contribution >= 0.6 is 39.1 Å². The number of hydrogen-bond donors (Lipinski definition) is 2. The molecular formula is C13H10BrCl2N3O2. The predicted octanol–water partition coefficient (Wildman–Crippen LogP) is 4.26. The Morgan fingerprint density at radius 2 is 2.10 bits per heavy atom. The third-order valence-corrected chi connectivity index (χ3v) is 4.41. The van der Waals surface area contributed by atoms with Crippen LogP contribution in [0, 0.1) is 0 Å². The number of halogens is 3. The Morgan fingerprint density at radius 3 is 2.76 bits per heavy atom. The minimum Gasteiger partial charge on any atom is -0.465 e. The lowest BCUT2D eigenvalue weighted by atomic mass is 10.2. The van der Waals surface area contributed by atoms with Crippen molar-refractivity contribution in [1.82, 2.24) is 4.98 Å². The molecule has 3 N–H and O–H groups in total. The highest BCUT2D eigenvalue weighted by Gasteiger charge is 2.13. The smallest absolute Gasteiger partial charge is 0.340 e. The number of hydrogen-bond acceptors (Lipinski definition) is 5. The number of aromatic nitrogens is 1. The number of esters is 1. The molecule has 0 aliphatic heterocycles. The maximum Gasteiger partial charge on any atom is 0.340 e. The molecule has 0 aliphatic carbocycles. The van der Waals surface area contributed by atoms with Crippen molar-refractivity contribution in [1.29, 1.82) is 0 Å². The van der Waals surface area contributed by atoms with Gasteiger partial charge in [-0.1, -0.05) is 23.2 Å². The van der Waals surface area contributed by atoms with Crippen LogP contribution < -0.4 is 11.1 Å². The number of benzene rings is 1. The second-order valence-electron chi connectivity index (χ2n) is 4.00. The summed E-state index contributed by atoms with van der Waals surface area (Å²) in [5.74, 6) is -0.150. The molecule has 0 radical (unpaired) electrons. The lowest BCUT2D eigenvalue weighted by Gasteiger charge is -2.11. The molecule has 1 heterocycles. The van der Waals surface area contributed by atoms with Gasteiger partial charge in [-0.15, -0.1) is 0 Å². The van der Waals surface area contributed by atoms with Crippen molar-refractivity contribution < 1.29 is 9.53 Å². The molecule has 5 nitrogen and oxygen atoms in total. The minimum atomic E-state index is -0.544. The molecule has 0 spiro atoms. The summed E-state index contributed by atoms with van der Waals surface area (Å²) < 4.78 is 5.33. The minimum absolute atomic E-state index is 0.217. The number of anilines is 3. The monoisotopic (exact) mass is 389 g/mol. The molecule has 0 saturated heterocycles. The second kappa shape index (κ2) is 6.51. The molecule has 2 aromatic rings. The van der Waals surface area contributed by atoms with Crippen LogP contribution in [0.2, 0.25) is 10.0 Å². The fraction of sp³-hybridized carbons (Fsp3) is 0.0769. The van der Waals surface area contributed by atoms with Gasteiger partial charge in [-0.2, -0.15) is 0 Å².